The van der Waals surface area contributed by atoms with Gasteiger partial charge in [0.2, 0.25) is 0 Å². The van der Waals surface area contributed by atoms with Crippen molar-refractivity contribution in [1.29, 1.82) is 0 Å². The lowest BCUT2D eigenvalue weighted by molar-refractivity contribution is 0.335. The van der Waals surface area contributed by atoms with E-state index in [1.54, 1.807) is 0 Å². The van der Waals surface area contributed by atoms with Crippen LogP contribution in [0.2, 0.25) is 0 Å². The molecule has 3 nitrogen and oxygen atoms in total. The van der Waals surface area contributed by atoms with Crippen LogP contribution in [0, 0.1) is 0 Å². The highest BCUT2D eigenvalue weighted by atomic mass is 79.9. The molecule has 1 aliphatic carbocycles. The number of halogens is 1. The van der Waals surface area contributed by atoms with E-state index in [0.29, 0.717) is 0 Å². The fourth-order valence-corrected chi connectivity index (χ4v) is 2.30. The van der Waals surface area contributed by atoms with Crippen molar-refractivity contribution in [3.63, 3.8) is 0 Å². The molecule has 1 saturated carbocycles. The molecule has 0 bridgehead atoms. The highest BCUT2D eigenvalue weighted by molar-refractivity contribution is 9.10. The number of nitrogens with one attached hydrogen (secondary N) is 1. The number of imidazole rings is 1. The van der Waals surface area contributed by atoms with Gasteiger partial charge in [0, 0.05) is 19.1 Å². The zero-order valence-corrected chi connectivity index (χ0v) is 10.0. The van der Waals surface area contributed by atoms with Gasteiger partial charge in [-0.3, -0.25) is 0 Å². The molecule has 1 heterocycles. The van der Waals surface area contributed by atoms with Crippen LogP contribution in [0.3, 0.4) is 0 Å². The summed E-state index contributed by atoms with van der Waals surface area (Å²) in [6, 6.07) is 0.744. The smallest absolute Gasteiger partial charge is 0.177 e. The third kappa shape index (κ3) is 2.01. The van der Waals surface area contributed by atoms with Crippen molar-refractivity contribution in [3.05, 3.63) is 16.6 Å². The lowest BCUT2D eigenvalue weighted by atomic mass is 9.93. The quantitative estimate of drug-likeness (QED) is 0.898. The molecule has 0 spiro atoms. The molecule has 0 saturated heterocycles. The predicted molar refractivity (Wildman–Crippen MR) is 60.1 cm³/mol. The number of nitrogens with zero attached hydrogens (tertiary/aromatic N) is 2. The van der Waals surface area contributed by atoms with Gasteiger partial charge >= 0.3 is 0 Å². The van der Waals surface area contributed by atoms with Crippen molar-refractivity contribution in [3.8, 4) is 0 Å². The van der Waals surface area contributed by atoms with Crippen molar-refractivity contribution in [1.82, 2.24) is 14.9 Å². The summed E-state index contributed by atoms with van der Waals surface area (Å²) in [5.74, 6) is 0. The Hall–Kier alpha value is -0.350. The summed E-state index contributed by atoms with van der Waals surface area (Å²) in [6.07, 6.45) is 6.00. The third-order valence-electron chi connectivity index (χ3n) is 2.88. The van der Waals surface area contributed by atoms with Gasteiger partial charge in [0.1, 0.15) is 0 Å². The zero-order valence-electron chi connectivity index (χ0n) is 8.46. The minimum atomic E-state index is 0.744. The van der Waals surface area contributed by atoms with E-state index >= 15 is 0 Å². The second-order valence-corrected chi connectivity index (χ2v) is 4.48. The highest BCUT2D eigenvalue weighted by Crippen LogP contribution is 2.19. The molecule has 0 unspecified atom stereocenters. The standard InChI is InChI=1S/C10H16BrN3/c1-2-14-9(7-13-10(14)11)6-12-8-4-3-5-8/h7-8,12H,2-6H2,1H3. The molecule has 0 radical (unpaired) electrons. The molecule has 2 rings (SSSR count). The van der Waals surface area contributed by atoms with E-state index in [4.69, 9.17) is 0 Å². The first-order chi connectivity index (χ1) is 6.81. The number of rotatable bonds is 4. The van der Waals surface area contributed by atoms with E-state index in [0.717, 1.165) is 23.9 Å². The summed E-state index contributed by atoms with van der Waals surface area (Å²) in [7, 11) is 0. The Morgan fingerprint density at radius 2 is 2.43 bits per heavy atom. The van der Waals surface area contributed by atoms with E-state index in [-0.39, 0.29) is 0 Å². The van der Waals surface area contributed by atoms with Crippen LogP contribution >= 0.6 is 15.9 Å². The van der Waals surface area contributed by atoms with Crippen LogP contribution in [-0.2, 0) is 13.1 Å². The van der Waals surface area contributed by atoms with E-state index in [1.807, 2.05) is 6.20 Å². The molecule has 0 aromatic carbocycles. The lowest BCUT2D eigenvalue weighted by Gasteiger charge is -2.26. The Morgan fingerprint density at radius 3 is 3.00 bits per heavy atom. The summed E-state index contributed by atoms with van der Waals surface area (Å²) < 4.78 is 3.12. The topological polar surface area (TPSA) is 29.9 Å². The van der Waals surface area contributed by atoms with E-state index < -0.39 is 0 Å². The van der Waals surface area contributed by atoms with Crippen LogP contribution in [-0.4, -0.2) is 15.6 Å². The molecular formula is C10H16BrN3. The highest BCUT2D eigenvalue weighted by Gasteiger charge is 2.17. The normalized spacial score (nSPS) is 17.0. The van der Waals surface area contributed by atoms with Crippen molar-refractivity contribution >= 4 is 15.9 Å². The molecule has 14 heavy (non-hydrogen) atoms. The summed E-state index contributed by atoms with van der Waals surface area (Å²) in [6.45, 7) is 4.05. The van der Waals surface area contributed by atoms with Crippen LogP contribution in [0.25, 0.3) is 0 Å². The van der Waals surface area contributed by atoms with Crippen LogP contribution in [0.15, 0.2) is 10.9 Å². The fraction of sp³-hybridized carbons (Fsp3) is 0.700. The van der Waals surface area contributed by atoms with E-state index in [9.17, 15) is 0 Å². The van der Waals surface area contributed by atoms with Crippen LogP contribution < -0.4 is 5.32 Å². The lowest BCUT2D eigenvalue weighted by Crippen LogP contribution is -2.35. The van der Waals surface area contributed by atoms with Gasteiger partial charge in [-0.1, -0.05) is 6.42 Å². The molecule has 1 fully saturated rings. The second kappa shape index (κ2) is 4.45. The summed E-state index contributed by atoms with van der Waals surface area (Å²) >= 11 is 3.44. The Balaban J connectivity index is 1.93. The molecule has 1 aromatic rings. The van der Waals surface area contributed by atoms with Gasteiger partial charge in [0.05, 0.1) is 11.9 Å². The Morgan fingerprint density at radius 1 is 1.64 bits per heavy atom. The first-order valence-corrected chi connectivity index (χ1v) is 6.04. The van der Waals surface area contributed by atoms with Crippen LogP contribution in [0.5, 0.6) is 0 Å². The molecule has 4 heteroatoms. The maximum Gasteiger partial charge on any atom is 0.177 e. The zero-order chi connectivity index (χ0) is 9.97. The molecule has 0 aliphatic heterocycles. The van der Waals surface area contributed by atoms with Gasteiger partial charge in [-0.15, -0.1) is 0 Å². The SMILES string of the molecule is CCn1c(CNC2CCC2)cnc1Br. The van der Waals surface area contributed by atoms with Crippen LogP contribution in [0.1, 0.15) is 31.9 Å². The number of aromatic nitrogens is 2. The monoisotopic (exact) mass is 257 g/mol. The Kier molecular flexibility index (Phi) is 3.23. The van der Waals surface area contributed by atoms with E-state index in [1.165, 1.54) is 25.0 Å². The molecule has 0 amide bonds. The fourth-order valence-electron chi connectivity index (χ4n) is 1.72. The van der Waals surface area contributed by atoms with Crippen molar-refractivity contribution in [2.45, 2.75) is 45.3 Å². The van der Waals surface area contributed by atoms with Gasteiger partial charge in [-0.05, 0) is 35.7 Å². The van der Waals surface area contributed by atoms with Crippen molar-refractivity contribution < 1.29 is 0 Å². The minimum Gasteiger partial charge on any atom is -0.322 e. The largest absolute Gasteiger partial charge is 0.322 e. The molecule has 1 N–H and O–H groups in total. The molecule has 78 valence electrons. The van der Waals surface area contributed by atoms with Crippen LogP contribution in [0.4, 0.5) is 0 Å². The first-order valence-electron chi connectivity index (χ1n) is 5.24. The van der Waals surface area contributed by atoms with Crippen molar-refractivity contribution in [2.75, 3.05) is 0 Å². The van der Waals surface area contributed by atoms with E-state index in [2.05, 4.69) is 37.7 Å². The average Bonchev–Trinajstić information content (AvgIpc) is 2.44. The first kappa shape index (κ1) is 10.2. The summed E-state index contributed by atoms with van der Waals surface area (Å²) in [5.41, 5.74) is 1.27. The Labute approximate surface area is 93.0 Å². The maximum atomic E-state index is 4.25. The number of hydrogen-bond acceptors (Lipinski definition) is 2. The summed E-state index contributed by atoms with van der Waals surface area (Å²) in [4.78, 5) is 4.25. The number of hydrogen-bond donors (Lipinski definition) is 1. The molecule has 0 atom stereocenters. The third-order valence-corrected chi connectivity index (χ3v) is 3.52. The summed E-state index contributed by atoms with van der Waals surface area (Å²) in [5, 5.41) is 3.54. The van der Waals surface area contributed by atoms with Gasteiger partial charge < -0.3 is 9.88 Å². The molecular weight excluding hydrogens is 242 g/mol. The van der Waals surface area contributed by atoms with Gasteiger partial charge in [0.15, 0.2) is 4.73 Å². The predicted octanol–water partition coefficient (Wildman–Crippen LogP) is 2.31. The average molecular weight is 258 g/mol. The molecule has 1 aliphatic rings. The second-order valence-electron chi connectivity index (χ2n) is 3.77. The van der Waals surface area contributed by atoms with Gasteiger partial charge in [-0.2, -0.15) is 0 Å². The molecule has 1 aromatic heterocycles. The minimum absolute atomic E-state index is 0.744. The maximum absolute atomic E-state index is 4.25. The van der Waals surface area contributed by atoms with Crippen molar-refractivity contribution in [2.24, 2.45) is 0 Å². The van der Waals surface area contributed by atoms with Gasteiger partial charge in [0.25, 0.3) is 0 Å². The van der Waals surface area contributed by atoms with Gasteiger partial charge in [-0.25, -0.2) is 4.98 Å². The Bertz CT molecular complexity index is 304.